The van der Waals surface area contributed by atoms with Gasteiger partial charge in [0.05, 0.1) is 6.10 Å². The molecule has 0 radical (unpaired) electrons. The fraction of sp³-hybridized carbons (Fsp3) is 0.550. The Morgan fingerprint density at radius 1 is 1.35 bits per heavy atom. The predicted molar refractivity (Wildman–Crippen MR) is 99.4 cm³/mol. The Morgan fingerprint density at radius 2 is 2.08 bits per heavy atom. The molecule has 1 aromatic rings. The lowest BCUT2D eigenvalue weighted by Crippen LogP contribution is -2.34. The van der Waals surface area contributed by atoms with Crippen LogP contribution in [0.1, 0.15) is 37.7 Å². The number of carbonyl (C=O) groups is 1. The predicted octanol–water partition coefficient (Wildman–Crippen LogP) is 4.96. The Bertz CT molecular complexity index is 672. The van der Waals surface area contributed by atoms with E-state index in [0.29, 0.717) is 32.2 Å². The zero-order valence-corrected chi connectivity index (χ0v) is 15.5. The van der Waals surface area contributed by atoms with E-state index in [1.807, 2.05) is 18.2 Å². The second kappa shape index (κ2) is 7.95. The van der Waals surface area contributed by atoms with Gasteiger partial charge in [0.1, 0.15) is 11.6 Å². The Kier molecular flexibility index (Phi) is 5.86. The summed E-state index contributed by atoms with van der Waals surface area (Å²) >= 11 is 5.65. The number of nitrogens with zero attached hydrogens (tertiary/aromatic N) is 1. The Morgan fingerprint density at radius 3 is 2.73 bits per heavy atom. The van der Waals surface area contributed by atoms with Crippen molar-refractivity contribution in [3.8, 4) is 5.75 Å². The Labute approximate surface area is 158 Å². The van der Waals surface area contributed by atoms with Gasteiger partial charge in [0, 0.05) is 24.6 Å². The number of hydrogen-bond acceptors (Lipinski definition) is 2. The van der Waals surface area contributed by atoms with Gasteiger partial charge >= 0.3 is 0 Å². The van der Waals surface area contributed by atoms with Crippen molar-refractivity contribution in [1.82, 2.24) is 0 Å². The molecule has 6 heteroatoms. The highest BCUT2D eigenvalue weighted by Crippen LogP contribution is 2.40. The molecule has 0 spiro atoms. The molecule has 0 bridgehead atoms. The number of allylic oxidation sites excluding steroid dienone is 1. The molecule has 0 aromatic heterocycles. The van der Waals surface area contributed by atoms with E-state index in [2.05, 4.69) is 6.58 Å². The fourth-order valence-electron chi connectivity index (χ4n) is 3.94. The molecule has 1 amide bonds. The minimum absolute atomic E-state index is 0.0303. The van der Waals surface area contributed by atoms with E-state index in [0.717, 1.165) is 23.4 Å². The van der Waals surface area contributed by atoms with Crippen molar-refractivity contribution >= 4 is 23.2 Å². The van der Waals surface area contributed by atoms with Crippen LogP contribution in [0.5, 0.6) is 5.75 Å². The van der Waals surface area contributed by atoms with Crippen LogP contribution in [0.15, 0.2) is 30.9 Å². The van der Waals surface area contributed by atoms with Crippen LogP contribution >= 0.6 is 11.6 Å². The molecule has 1 fully saturated rings. The van der Waals surface area contributed by atoms with Crippen LogP contribution in [0, 0.1) is 5.92 Å². The first-order valence-electron chi connectivity index (χ1n) is 9.09. The van der Waals surface area contributed by atoms with Crippen LogP contribution in [-0.4, -0.2) is 30.4 Å². The molecular formula is C20H24ClF2NO2. The third kappa shape index (κ3) is 4.03. The summed E-state index contributed by atoms with van der Waals surface area (Å²) in [6, 6.07) is 5.68. The normalized spacial score (nSPS) is 22.8. The summed E-state index contributed by atoms with van der Waals surface area (Å²) < 4.78 is 34.0. The van der Waals surface area contributed by atoms with Gasteiger partial charge < -0.3 is 9.64 Å². The van der Waals surface area contributed by atoms with Gasteiger partial charge in [0.25, 0.3) is 5.92 Å². The molecular weight excluding hydrogens is 360 g/mol. The van der Waals surface area contributed by atoms with Gasteiger partial charge in [0.2, 0.25) is 5.91 Å². The lowest BCUT2D eigenvalue weighted by atomic mass is 9.82. The van der Waals surface area contributed by atoms with Gasteiger partial charge in [0.15, 0.2) is 0 Å². The largest absolute Gasteiger partial charge is 0.490 e. The van der Waals surface area contributed by atoms with Gasteiger partial charge in [-0.05, 0) is 55.9 Å². The lowest BCUT2D eigenvalue weighted by molar-refractivity contribution is -0.116. The number of halogens is 3. The van der Waals surface area contributed by atoms with Gasteiger partial charge in [-0.3, -0.25) is 4.79 Å². The summed E-state index contributed by atoms with van der Waals surface area (Å²) in [6.45, 7) is 4.06. The maximum atomic E-state index is 14.0. The standard InChI is InChI=1S/C20H24ClF2NO2/c1-2-10-20(22,23)15-3-5-16(6-4-15)26-17-7-8-18-14(12-17)9-11-24(18)19(25)13-21/h2,7-8,12,15-16H,1,3-6,9-11,13H2. The van der Waals surface area contributed by atoms with Crippen LogP contribution in [0.25, 0.3) is 0 Å². The second-order valence-corrected chi connectivity index (χ2v) is 7.33. The first-order chi connectivity index (χ1) is 12.4. The van der Waals surface area contributed by atoms with E-state index in [9.17, 15) is 13.6 Å². The smallest absolute Gasteiger partial charge is 0.254 e. The van der Waals surface area contributed by atoms with E-state index < -0.39 is 11.8 Å². The van der Waals surface area contributed by atoms with Crippen molar-refractivity contribution in [2.24, 2.45) is 5.92 Å². The third-order valence-corrected chi connectivity index (χ3v) is 5.58. The van der Waals surface area contributed by atoms with E-state index in [1.165, 1.54) is 6.08 Å². The Hall–Kier alpha value is -1.62. The number of amides is 1. The summed E-state index contributed by atoms with van der Waals surface area (Å²) in [5.74, 6) is -2.64. The van der Waals surface area contributed by atoms with Crippen LogP contribution in [-0.2, 0) is 11.2 Å². The van der Waals surface area contributed by atoms with Crippen LogP contribution < -0.4 is 9.64 Å². The fourth-order valence-corrected chi connectivity index (χ4v) is 4.08. The molecule has 1 aliphatic heterocycles. The van der Waals surface area contributed by atoms with E-state index >= 15 is 0 Å². The average Bonchev–Trinajstić information content (AvgIpc) is 3.04. The number of hydrogen-bond donors (Lipinski definition) is 0. The minimum atomic E-state index is -2.67. The molecule has 0 atom stereocenters. The highest BCUT2D eigenvalue weighted by molar-refractivity contribution is 6.29. The first-order valence-corrected chi connectivity index (χ1v) is 9.62. The van der Waals surface area contributed by atoms with Crippen molar-refractivity contribution < 1.29 is 18.3 Å². The molecule has 1 aliphatic carbocycles. The lowest BCUT2D eigenvalue weighted by Gasteiger charge is -2.33. The molecule has 2 aliphatic rings. The molecule has 1 saturated carbocycles. The molecule has 26 heavy (non-hydrogen) atoms. The maximum absolute atomic E-state index is 14.0. The quantitative estimate of drug-likeness (QED) is 0.513. The molecule has 0 N–H and O–H groups in total. The monoisotopic (exact) mass is 383 g/mol. The highest BCUT2D eigenvalue weighted by Gasteiger charge is 2.40. The average molecular weight is 384 g/mol. The molecule has 0 unspecified atom stereocenters. The molecule has 0 saturated heterocycles. The Balaban J connectivity index is 1.58. The number of ether oxygens (including phenoxy) is 1. The van der Waals surface area contributed by atoms with E-state index in [4.69, 9.17) is 16.3 Å². The summed E-state index contributed by atoms with van der Waals surface area (Å²) in [6.07, 6.45) is 3.97. The summed E-state index contributed by atoms with van der Waals surface area (Å²) in [4.78, 5) is 13.5. The third-order valence-electron chi connectivity index (χ3n) is 5.35. The highest BCUT2D eigenvalue weighted by atomic mass is 35.5. The molecule has 1 heterocycles. The van der Waals surface area contributed by atoms with Crippen molar-refractivity contribution in [3.05, 3.63) is 36.4 Å². The number of anilines is 1. The van der Waals surface area contributed by atoms with Crippen LogP contribution in [0.4, 0.5) is 14.5 Å². The van der Waals surface area contributed by atoms with Gasteiger partial charge in [-0.2, -0.15) is 0 Å². The molecule has 3 nitrogen and oxygen atoms in total. The molecule has 1 aromatic carbocycles. The maximum Gasteiger partial charge on any atom is 0.254 e. The summed E-state index contributed by atoms with van der Waals surface area (Å²) in [5, 5.41) is 0. The number of fused-ring (bicyclic) bond motifs is 1. The van der Waals surface area contributed by atoms with Crippen molar-refractivity contribution in [1.29, 1.82) is 0 Å². The zero-order chi connectivity index (χ0) is 18.7. The molecule has 142 valence electrons. The second-order valence-electron chi connectivity index (χ2n) is 7.06. The van der Waals surface area contributed by atoms with E-state index in [1.54, 1.807) is 4.90 Å². The number of alkyl halides is 3. The first kappa shape index (κ1) is 19.2. The number of benzene rings is 1. The zero-order valence-electron chi connectivity index (χ0n) is 14.7. The topological polar surface area (TPSA) is 29.5 Å². The van der Waals surface area contributed by atoms with Crippen molar-refractivity contribution in [2.75, 3.05) is 17.3 Å². The van der Waals surface area contributed by atoms with Gasteiger partial charge in [-0.15, -0.1) is 18.2 Å². The molecule has 3 rings (SSSR count). The SMILES string of the molecule is C=CCC(F)(F)C1CCC(Oc2ccc3c(c2)CCN3C(=O)CCl)CC1. The summed E-state index contributed by atoms with van der Waals surface area (Å²) in [7, 11) is 0. The van der Waals surface area contributed by atoms with Crippen molar-refractivity contribution in [3.63, 3.8) is 0 Å². The van der Waals surface area contributed by atoms with Gasteiger partial charge in [-0.25, -0.2) is 8.78 Å². The number of carbonyl (C=O) groups excluding carboxylic acids is 1. The number of rotatable bonds is 6. The summed E-state index contributed by atoms with van der Waals surface area (Å²) in [5.41, 5.74) is 1.95. The minimum Gasteiger partial charge on any atom is -0.490 e. The van der Waals surface area contributed by atoms with Crippen molar-refractivity contribution in [2.45, 2.75) is 50.6 Å². The van der Waals surface area contributed by atoms with Crippen LogP contribution in [0.2, 0.25) is 0 Å². The van der Waals surface area contributed by atoms with Crippen LogP contribution in [0.3, 0.4) is 0 Å². The van der Waals surface area contributed by atoms with E-state index in [-0.39, 0.29) is 24.3 Å². The van der Waals surface area contributed by atoms with Gasteiger partial charge in [-0.1, -0.05) is 6.08 Å².